The van der Waals surface area contributed by atoms with Crippen LogP contribution in [0.1, 0.15) is 12.8 Å². The second-order valence-electron chi connectivity index (χ2n) is 3.42. The Kier molecular flexibility index (Phi) is 2.48. The molecule has 1 fully saturated rings. The van der Waals surface area contributed by atoms with Crippen LogP contribution < -0.4 is 5.73 Å². The first-order valence-electron chi connectivity index (χ1n) is 4.19. The number of rotatable bonds is 3. The highest BCUT2D eigenvalue weighted by Gasteiger charge is 2.42. The number of anilines is 1. The van der Waals surface area contributed by atoms with Gasteiger partial charge < -0.3 is 5.73 Å². The van der Waals surface area contributed by atoms with Crippen molar-refractivity contribution in [1.82, 2.24) is 9.78 Å². The molecule has 2 rings (SSSR count). The zero-order valence-corrected chi connectivity index (χ0v) is 10.4. The van der Waals surface area contributed by atoms with Gasteiger partial charge >= 0.3 is 0 Å². The van der Waals surface area contributed by atoms with Gasteiger partial charge in [-0.25, -0.2) is 4.68 Å². The fraction of sp³-hybridized carbons (Fsp3) is 0.625. The lowest BCUT2D eigenvalue weighted by Gasteiger charge is -2.12. The Morgan fingerprint density at radius 2 is 2.46 bits per heavy atom. The molecule has 72 valence electrons. The first-order valence-corrected chi connectivity index (χ1v) is 6.49. The highest BCUT2D eigenvalue weighted by Crippen LogP contribution is 2.48. The third-order valence-electron chi connectivity index (χ3n) is 2.51. The molecule has 0 aromatic carbocycles. The highest BCUT2D eigenvalue weighted by molar-refractivity contribution is 14.1. The summed E-state index contributed by atoms with van der Waals surface area (Å²) in [7, 11) is 0. The first-order chi connectivity index (χ1) is 6.17. The van der Waals surface area contributed by atoms with Crippen molar-refractivity contribution < 1.29 is 0 Å². The first kappa shape index (κ1) is 9.64. The van der Waals surface area contributed by atoms with Gasteiger partial charge in [0.05, 0.1) is 16.3 Å². The van der Waals surface area contributed by atoms with Crippen molar-refractivity contribution in [2.24, 2.45) is 0 Å². The van der Waals surface area contributed by atoms with E-state index in [-0.39, 0.29) is 0 Å². The monoisotopic (exact) mass is 309 g/mol. The van der Waals surface area contributed by atoms with E-state index in [0.29, 0.717) is 4.75 Å². The molecular formula is C8H12IN3S. The van der Waals surface area contributed by atoms with Gasteiger partial charge in [-0.1, -0.05) is 0 Å². The molecule has 1 saturated carbocycles. The van der Waals surface area contributed by atoms with E-state index in [1.165, 1.54) is 12.8 Å². The largest absolute Gasteiger partial charge is 0.383 e. The van der Waals surface area contributed by atoms with Crippen LogP contribution in [0.4, 0.5) is 5.82 Å². The summed E-state index contributed by atoms with van der Waals surface area (Å²) in [5.41, 5.74) is 5.88. The maximum absolute atomic E-state index is 5.88. The Balaban J connectivity index is 2.14. The molecule has 1 aliphatic rings. The Bertz CT molecular complexity index is 319. The summed E-state index contributed by atoms with van der Waals surface area (Å²) in [4.78, 5) is 0. The van der Waals surface area contributed by atoms with E-state index in [1.807, 2.05) is 22.6 Å². The second kappa shape index (κ2) is 3.34. The number of nitrogens with two attached hydrogens (primary N) is 1. The molecule has 0 atom stereocenters. The lowest BCUT2D eigenvalue weighted by molar-refractivity contribution is 0.597. The maximum Gasteiger partial charge on any atom is 0.135 e. The van der Waals surface area contributed by atoms with Crippen molar-refractivity contribution in [3.63, 3.8) is 0 Å². The van der Waals surface area contributed by atoms with E-state index in [4.69, 9.17) is 5.73 Å². The number of nitrogens with zero attached hydrogens (tertiary/aromatic N) is 2. The van der Waals surface area contributed by atoms with Gasteiger partial charge in [0.1, 0.15) is 5.82 Å². The number of thioether (sulfide) groups is 1. The van der Waals surface area contributed by atoms with Crippen LogP contribution in [0.5, 0.6) is 0 Å². The van der Waals surface area contributed by atoms with Crippen LogP contribution in [0.2, 0.25) is 0 Å². The lowest BCUT2D eigenvalue weighted by atomic mass is 10.4. The number of halogens is 1. The molecule has 0 bridgehead atoms. The molecule has 0 saturated heterocycles. The third-order valence-corrected chi connectivity index (χ3v) is 4.75. The standard InChI is InChI=1S/C8H12IN3S/c1-13-8(2-3-8)5-12-7(10)6(9)4-11-12/h4H,2-3,5,10H2,1H3. The molecule has 0 radical (unpaired) electrons. The Labute approximate surface area is 95.6 Å². The van der Waals surface area contributed by atoms with Crippen molar-refractivity contribution in [2.45, 2.75) is 24.1 Å². The van der Waals surface area contributed by atoms with Crippen LogP contribution in [0, 0.1) is 3.57 Å². The predicted molar refractivity (Wildman–Crippen MR) is 64.8 cm³/mol. The zero-order chi connectivity index (χ0) is 9.47. The summed E-state index contributed by atoms with van der Waals surface area (Å²) >= 11 is 4.15. The van der Waals surface area contributed by atoms with Crippen LogP contribution in [0.25, 0.3) is 0 Å². The topological polar surface area (TPSA) is 43.8 Å². The van der Waals surface area contributed by atoms with E-state index in [0.717, 1.165) is 15.9 Å². The van der Waals surface area contributed by atoms with Gasteiger partial charge in [-0.3, -0.25) is 0 Å². The second-order valence-corrected chi connectivity index (χ2v) is 5.86. The lowest BCUT2D eigenvalue weighted by Crippen LogP contribution is -2.16. The highest BCUT2D eigenvalue weighted by atomic mass is 127. The summed E-state index contributed by atoms with van der Waals surface area (Å²) in [6.45, 7) is 0.961. The Hall–Kier alpha value is 0.0900. The maximum atomic E-state index is 5.88. The number of hydrogen-bond donors (Lipinski definition) is 1. The van der Waals surface area contributed by atoms with Gasteiger partial charge in [-0.15, -0.1) is 0 Å². The average Bonchev–Trinajstić information content (AvgIpc) is 2.85. The molecule has 0 amide bonds. The minimum atomic E-state index is 0.434. The minimum absolute atomic E-state index is 0.434. The van der Waals surface area contributed by atoms with E-state index >= 15 is 0 Å². The summed E-state index contributed by atoms with van der Waals surface area (Å²) in [6.07, 6.45) is 6.58. The van der Waals surface area contributed by atoms with Gasteiger partial charge in [0.2, 0.25) is 0 Å². The van der Waals surface area contributed by atoms with Gasteiger partial charge in [-0.05, 0) is 41.7 Å². The molecule has 2 N–H and O–H groups in total. The fourth-order valence-electron chi connectivity index (χ4n) is 1.34. The summed E-state index contributed by atoms with van der Waals surface area (Å²) in [5, 5.41) is 4.26. The van der Waals surface area contributed by atoms with Crippen molar-refractivity contribution in [3.05, 3.63) is 9.77 Å². The molecule has 1 heterocycles. The number of aromatic nitrogens is 2. The van der Waals surface area contributed by atoms with Crippen LogP contribution in [0.15, 0.2) is 6.20 Å². The Morgan fingerprint density at radius 3 is 2.85 bits per heavy atom. The number of hydrogen-bond acceptors (Lipinski definition) is 3. The normalized spacial score (nSPS) is 18.9. The molecule has 0 unspecified atom stereocenters. The molecule has 5 heteroatoms. The molecule has 1 aromatic heterocycles. The molecule has 3 nitrogen and oxygen atoms in total. The molecular weight excluding hydrogens is 297 g/mol. The van der Waals surface area contributed by atoms with Gasteiger partial charge in [0, 0.05) is 4.75 Å². The van der Waals surface area contributed by atoms with E-state index in [2.05, 4.69) is 33.9 Å². The van der Waals surface area contributed by atoms with Crippen molar-refractivity contribution >= 4 is 40.2 Å². The van der Waals surface area contributed by atoms with Gasteiger partial charge in [0.15, 0.2) is 0 Å². The summed E-state index contributed by atoms with van der Waals surface area (Å²) in [5.74, 6) is 0.806. The van der Waals surface area contributed by atoms with Crippen LogP contribution >= 0.6 is 34.4 Å². The minimum Gasteiger partial charge on any atom is -0.383 e. The van der Waals surface area contributed by atoms with E-state index < -0.39 is 0 Å². The Morgan fingerprint density at radius 1 is 1.77 bits per heavy atom. The zero-order valence-electron chi connectivity index (χ0n) is 7.46. The van der Waals surface area contributed by atoms with Gasteiger partial charge in [0.25, 0.3) is 0 Å². The van der Waals surface area contributed by atoms with E-state index in [1.54, 1.807) is 0 Å². The number of nitrogen functional groups attached to an aromatic ring is 1. The average molecular weight is 309 g/mol. The smallest absolute Gasteiger partial charge is 0.135 e. The van der Waals surface area contributed by atoms with E-state index in [9.17, 15) is 0 Å². The van der Waals surface area contributed by atoms with Crippen LogP contribution in [-0.4, -0.2) is 20.8 Å². The fourth-order valence-corrected chi connectivity index (χ4v) is 2.50. The molecule has 0 aliphatic heterocycles. The van der Waals surface area contributed by atoms with Gasteiger partial charge in [-0.2, -0.15) is 16.9 Å². The van der Waals surface area contributed by atoms with Crippen LogP contribution in [-0.2, 0) is 6.54 Å². The van der Waals surface area contributed by atoms with Crippen molar-refractivity contribution in [3.8, 4) is 0 Å². The molecule has 1 aromatic rings. The quantitative estimate of drug-likeness (QED) is 0.868. The molecule has 13 heavy (non-hydrogen) atoms. The SMILES string of the molecule is CSC1(Cn2ncc(I)c2N)CC1. The van der Waals surface area contributed by atoms with Crippen molar-refractivity contribution in [2.75, 3.05) is 12.0 Å². The molecule has 1 aliphatic carbocycles. The molecule has 0 spiro atoms. The van der Waals surface area contributed by atoms with Crippen LogP contribution in [0.3, 0.4) is 0 Å². The summed E-state index contributed by atoms with van der Waals surface area (Å²) in [6, 6.07) is 0. The van der Waals surface area contributed by atoms with Crippen molar-refractivity contribution in [1.29, 1.82) is 0 Å². The summed E-state index contributed by atoms with van der Waals surface area (Å²) < 4.78 is 3.41. The third kappa shape index (κ3) is 1.81. The predicted octanol–water partition coefficient (Wildman–Crippen LogP) is 1.97.